The van der Waals surface area contributed by atoms with Gasteiger partial charge in [-0.2, -0.15) is 0 Å². The van der Waals surface area contributed by atoms with Crippen molar-refractivity contribution >= 4 is 0 Å². The molecule has 0 aliphatic rings. The summed E-state index contributed by atoms with van der Waals surface area (Å²) in [7, 11) is 0. The summed E-state index contributed by atoms with van der Waals surface area (Å²) in [6.07, 6.45) is 7.67. The van der Waals surface area contributed by atoms with E-state index in [0.717, 1.165) is 12.5 Å². The molecule has 0 bridgehead atoms. The molecule has 1 heteroatoms. The standard InChI is InChI=1S/C20H35N/c1-6-9-19(10-7-2)20(21-11-8-3)15-18-13-16(4)12-17(5)14-18/h12-14,19-21H,6-11,15H2,1-5H3. The Labute approximate surface area is 132 Å². The van der Waals surface area contributed by atoms with E-state index in [1.807, 2.05) is 0 Å². The number of benzene rings is 1. The molecule has 1 rings (SSSR count). The second-order valence-corrected chi connectivity index (χ2v) is 6.60. The van der Waals surface area contributed by atoms with Gasteiger partial charge in [0.25, 0.3) is 0 Å². The lowest BCUT2D eigenvalue weighted by Crippen LogP contribution is -2.38. The summed E-state index contributed by atoms with van der Waals surface area (Å²) in [5, 5.41) is 3.83. The van der Waals surface area contributed by atoms with Crippen molar-refractivity contribution in [1.82, 2.24) is 5.32 Å². The van der Waals surface area contributed by atoms with Crippen LogP contribution in [0.5, 0.6) is 0 Å². The Hall–Kier alpha value is -0.820. The van der Waals surface area contributed by atoms with Crippen molar-refractivity contribution in [3.8, 4) is 0 Å². The topological polar surface area (TPSA) is 12.0 Å². The van der Waals surface area contributed by atoms with Crippen molar-refractivity contribution in [2.24, 2.45) is 5.92 Å². The first-order valence-corrected chi connectivity index (χ1v) is 8.91. The molecular weight excluding hydrogens is 254 g/mol. The highest BCUT2D eigenvalue weighted by molar-refractivity contribution is 5.29. The maximum Gasteiger partial charge on any atom is 0.0136 e. The molecule has 0 saturated carbocycles. The van der Waals surface area contributed by atoms with E-state index in [4.69, 9.17) is 0 Å². The van der Waals surface area contributed by atoms with Crippen molar-refractivity contribution < 1.29 is 0 Å². The number of hydrogen-bond donors (Lipinski definition) is 1. The molecule has 120 valence electrons. The number of aryl methyl sites for hydroxylation is 2. The van der Waals surface area contributed by atoms with Gasteiger partial charge in [0.2, 0.25) is 0 Å². The van der Waals surface area contributed by atoms with Crippen molar-refractivity contribution in [3.05, 3.63) is 34.9 Å². The van der Waals surface area contributed by atoms with Crippen LogP contribution >= 0.6 is 0 Å². The fourth-order valence-electron chi connectivity index (χ4n) is 3.46. The molecule has 0 amide bonds. The summed E-state index contributed by atoms with van der Waals surface area (Å²) in [5.74, 6) is 0.812. The lowest BCUT2D eigenvalue weighted by molar-refractivity contribution is 0.308. The average molecular weight is 290 g/mol. The van der Waals surface area contributed by atoms with Gasteiger partial charge in [-0.3, -0.25) is 0 Å². The van der Waals surface area contributed by atoms with E-state index in [-0.39, 0.29) is 0 Å². The van der Waals surface area contributed by atoms with Gasteiger partial charge < -0.3 is 5.32 Å². The van der Waals surface area contributed by atoms with Gasteiger partial charge in [0.05, 0.1) is 0 Å². The van der Waals surface area contributed by atoms with Crippen LogP contribution in [-0.4, -0.2) is 12.6 Å². The Balaban J connectivity index is 2.84. The molecule has 0 heterocycles. The van der Waals surface area contributed by atoms with Gasteiger partial charge in [-0.15, -0.1) is 0 Å². The van der Waals surface area contributed by atoms with Gasteiger partial charge in [0, 0.05) is 6.04 Å². The highest BCUT2D eigenvalue weighted by atomic mass is 14.9. The summed E-state index contributed by atoms with van der Waals surface area (Å²) in [6, 6.07) is 7.63. The van der Waals surface area contributed by atoms with Gasteiger partial charge in [0.1, 0.15) is 0 Å². The molecule has 1 aromatic carbocycles. The molecule has 1 atom stereocenters. The van der Waals surface area contributed by atoms with E-state index in [9.17, 15) is 0 Å². The van der Waals surface area contributed by atoms with Crippen molar-refractivity contribution in [2.45, 2.75) is 79.2 Å². The molecule has 0 radical (unpaired) electrons. The van der Waals surface area contributed by atoms with Crippen molar-refractivity contribution in [2.75, 3.05) is 6.54 Å². The highest BCUT2D eigenvalue weighted by Gasteiger charge is 2.20. The fraction of sp³-hybridized carbons (Fsp3) is 0.700. The van der Waals surface area contributed by atoms with Crippen molar-refractivity contribution in [3.63, 3.8) is 0 Å². The van der Waals surface area contributed by atoms with E-state index < -0.39 is 0 Å². The first kappa shape index (κ1) is 18.2. The van der Waals surface area contributed by atoms with Crippen LogP contribution in [-0.2, 0) is 6.42 Å². The molecule has 0 aliphatic heterocycles. The monoisotopic (exact) mass is 289 g/mol. The van der Waals surface area contributed by atoms with Gasteiger partial charge in [-0.25, -0.2) is 0 Å². The Morgan fingerprint density at radius 1 is 0.857 bits per heavy atom. The van der Waals surface area contributed by atoms with E-state index in [0.29, 0.717) is 6.04 Å². The van der Waals surface area contributed by atoms with Crippen molar-refractivity contribution in [1.29, 1.82) is 0 Å². The number of hydrogen-bond acceptors (Lipinski definition) is 1. The van der Waals surface area contributed by atoms with E-state index in [1.165, 1.54) is 55.2 Å². The normalized spacial score (nSPS) is 12.9. The van der Waals surface area contributed by atoms with E-state index in [2.05, 4.69) is 58.1 Å². The molecule has 1 N–H and O–H groups in total. The van der Waals surface area contributed by atoms with Crippen LogP contribution in [0.4, 0.5) is 0 Å². The first-order chi connectivity index (χ1) is 10.1. The SMILES string of the molecule is CCCNC(Cc1cc(C)cc(C)c1)C(CCC)CCC. The zero-order chi connectivity index (χ0) is 15.7. The van der Waals surface area contributed by atoms with Gasteiger partial charge in [-0.05, 0) is 57.6 Å². The van der Waals surface area contributed by atoms with Crippen LogP contribution in [0, 0.1) is 19.8 Å². The molecule has 0 aromatic heterocycles. The second-order valence-electron chi connectivity index (χ2n) is 6.60. The third-order valence-electron chi connectivity index (χ3n) is 4.28. The Morgan fingerprint density at radius 2 is 1.43 bits per heavy atom. The summed E-state index contributed by atoms with van der Waals surface area (Å²) in [5.41, 5.74) is 4.28. The van der Waals surface area contributed by atoms with E-state index >= 15 is 0 Å². The maximum absolute atomic E-state index is 3.83. The minimum absolute atomic E-state index is 0.631. The minimum Gasteiger partial charge on any atom is -0.313 e. The summed E-state index contributed by atoms with van der Waals surface area (Å²) >= 11 is 0. The average Bonchev–Trinajstić information content (AvgIpc) is 2.42. The zero-order valence-corrected chi connectivity index (χ0v) is 14.8. The molecule has 21 heavy (non-hydrogen) atoms. The van der Waals surface area contributed by atoms with Crippen LogP contribution in [0.3, 0.4) is 0 Å². The molecule has 0 spiro atoms. The van der Waals surface area contributed by atoms with Crippen LogP contribution < -0.4 is 5.32 Å². The van der Waals surface area contributed by atoms with Crippen LogP contribution in [0.25, 0.3) is 0 Å². The Morgan fingerprint density at radius 3 is 1.90 bits per heavy atom. The molecule has 0 aliphatic carbocycles. The third-order valence-corrected chi connectivity index (χ3v) is 4.28. The maximum atomic E-state index is 3.83. The number of rotatable bonds is 10. The van der Waals surface area contributed by atoms with Gasteiger partial charge >= 0.3 is 0 Å². The van der Waals surface area contributed by atoms with Gasteiger partial charge in [0.15, 0.2) is 0 Å². The lowest BCUT2D eigenvalue weighted by Gasteiger charge is -2.28. The Kier molecular flexibility index (Phi) is 8.68. The molecule has 1 nitrogen and oxygen atoms in total. The zero-order valence-electron chi connectivity index (χ0n) is 14.8. The smallest absolute Gasteiger partial charge is 0.0136 e. The summed E-state index contributed by atoms with van der Waals surface area (Å²) in [6.45, 7) is 12.4. The quantitative estimate of drug-likeness (QED) is 0.605. The fourth-order valence-corrected chi connectivity index (χ4v) is 3.46. The number of nitrogens with one attached hydrogen (secondary N) is 1. The van der Waals surface area contributed by atoms with Gasteiger partial charge in [-0.1, -0.05) is 62.9 Å². The van der Waals surface area contributed by atoms with Crippen LogP contribution in [0.1, 0.15) is 69.6 Å². The molecule has 1 aromatic rings. The highest BCUT2D eigenvalue weighted by Crippen LogP contribution is 2.22. The molecule has 0 fully saturated rings. The third kappa shape index (κ3) is 6.65. The predicted molar refractivity (Wildman–Crippen MR) is 95.0 cm³/mol. The molecular formula is C20H35N. The summed E-state index contributed by atoms with van der Waals surface area (Å²) in [4.78, 5) is 0. The first-order valence-electron chi connectivity index (χ1n) is 8.91. The second kappa shape index (κ2) is 10.00. The van der Waals surface area contributed by atoms with E-state index in [1.54, 1.807) is 0 Å². The Bertz CT molecular complexity index is 371. The predicted octanol–water partition coefficient (Wildman–Crippen LogP) is 5.43. The van der Waals surface area contributed by atoms with Crippen LogP contribution in [0.15, 0.2) is 18.2 Å². The molecule has 0 saturated heterocycles. The minimum atomic E-state index is 0.631. The summed E-state index contributed by atoms with van der Waals surface area (Å²) < 4.78 is 0. The largest absolute Gasteiger partial charge is 0.313 e. The van der Waals surface area contributed by atoms with Crippen LogP contribution in [0.2, 0.25) is 0 Å². The molecule has 1 unspecified atom stereocenters. The lowest BCUT2D eigenvalue weighted by atomic mass is 9.86.